The average molecular weight is 714 g/mol. The SMILES string of the molecule is COc1ccc2c(O[C@@H]3C[C@H]4C(=O)N[C@]5(C(=O)NS(=O)(=O)C6CC6)C[C@H]5C=CCOCC[C@H](NC(=O)OC(C)(C)C)C(=O)N4C3)nccc2c1. The third kappa shape index (κ3) is 7.80. The van der Waals surface area contributed by atoms with E-state index in [9.17, 15) is 27.6 Å². The van der Waals surface area contributed by atoms with E-state index in [-0.39, 0.29) is 39.0 Å². The number of benzene rings is 1. The van der Waals surface area contributed by atoms with Crippen molar-refractivity contribution in [2.75, 3.05) is 26.9 Å². The fourth-order valence-corrected chi connectivity index (χ4v) is 7.69. The number of nitrogens with one attached hydrogen (secondary N) is 3. The quantitative estimate of drug-likeness (QED) is 0.356. The Balaban J connectivity index is 1.30. The molecule has 15 nitrogen and oxygen atoms in total. The molecule has 2 aromatic rings. The third-order valence-electron chi connectivity index (χ3n) is 9.15. The molecule has 50 heavy (non-hydrogen) atoms. The first kappa shape index (κ1) is 35.4. The monoisotopic (exact) mass is 713 g/mol. The van der Waals surface area contributed by atoms with Gasteiger partial charge in [0.15, 0.2) is 0 Å². The molecule has 1 aromatic carbocycles. The van der Waals surface area contributed by atoms with E-state index in [2.05, 4.69) is 20.3 Å². The Kier molecular flexibility index (Phi) is 9.70. The van der Waals surface area contributed by atoms with Crippen LogP contribution in [-0.4, -0.2) is 104 Å². The van der Waals surface area contributed by atoms with Gasteiger partial charge in [0.1, 0.15) is 35.1 Å². The first-order valence-electron chi connectivity index (χ1n) is 16.7. The number of pyridine rings is 1. The van der Waals surface area contributed by atoms with Crippen molar-refractivity contribution in [1.82, 2.24) is 25.2 Å². The van der Waals surface area contributed by atoms with Crippen LogP contribution in [-0.2, 0) is 33.9 Å². The van der Waals surface area contributed by atoms with Gasteiger partial charge < -0.3 is 34.5 Å². The van der Waals surface area contributed by atoms with E-state index in [0.29, 0.717) is 29.9 Å². The van der Waals surface area contributed by atoms with Gasteiger partial charge in [-0.25, -0.2) is 18.2 Å². The van der Waals surface area contributed by atoms with E-state index in [1.54, 1.807) is 58.4 Å². The predicted molar refractivity (Wildman–Crippen MR) is 180 cm³/mol. The summed E-state index contributed by atoms with van der Waals surface area (Å²) in [5, 5.41) is 6.31. The van der Waals surface area contributed by atoms with E-state index < -0.39 is 74.3 Å². The van der Waals surface area contributed by atoms with Crippen molar-refractivity contribution in [2.24, 2.45) is 5.92 Å². The lowest BCUT2D eigenvalue weighted by Crippen LogP contribution is -2.58. The second-order valence-corrected chi connectivity index (χ2v) is 16.1. The molecule has 270 valence electrons. The van der Waals surface area contributed by atoms with Crippen LogP contribution >= 0.6 is 0 Å². The van der Waals surface area contributed by atoms with Crippen LogP contribution in [0.15, 0.2) is 42.6 Å². The number of carbonyl (C=O) groups is 4. The Morgan fingerprint density at radius 2 is 1.92 bits per heavy atom. The Morgan fingerprint density at radius 1 is 1.14 bits per heavy atom. The smallest absolute Gasteiger partial charge is 0.408 e. The number of nitrogens with zero attached hydrogens (tertiary/aromatic N) is 2. The Morgan fingerprint density at radius 3 is 2.64 bits per heavy atom. The summed E-state index contributed by atoms with van der Waals surface area (Å²) in [6.07, 6.45) is 4.66. The molecule has 3 fully saturated rings. The third-order valence-corrected chi connectivity index (χ3v) is 11.0. The summed E-state index contributed by atoms with van der Waals surface area (Å²) in [6, 6.07) is 4.96. The zero-order chi connectivity index (χ0) is 35.8. The van der Waals surface area contributed by atoms with E-state index in [1.165, 1.54) is 4.90 Å². The number of hydrogen-bond acceptors (Lipinski definition) is 11. The maximum Gasteiger partial charge on any atom is 0.408 e. The summed E-state index contributed by atoms with van der Waals surface area (Å²) in [5.41, 5.74) is -2.37. The van der Waals surface area contributed by atoms with Crippen LogP contribution in [0.2, 0.25) is 0 Å². The molecular weight excluding hydrogens is 670 g/mol. The van der Waals surface area contributed by atoms with Crippen LogP contribution in [0.5, 0.6) is 11.6 Å². The van der Waals surface area contributed by atoms with Gasteiger partial charge in [-0.05, 0) is 69.7 Å². The summed E-state index contributed by atoms with van der Waals surface area (Å²) in [4.78, 5) is 60.6. The Labute approximate surface area is 290 Å². The van der Waals surface area contributed by atoms with Crippen molar-refractivity contribution in [3.05, 3.63) is 42.6 Å². The molecule has 2 saturated carbocycles. The highest BCUT2D eigenvalue weighted by molar-refractivity contribution is 7.91. The topological polar surface area (TPSA) is 192 Å². The van der Waals surface area contributed by atoms with Crippen molar-refractivity contribution in [1.29, 1.82) is 0 Å². The number of carbonyl (C=O) groups excluding carboxylic acids is 4. The van der Waals surface area contributed by atoms with Crippen LogP contribution in [0.3, 0.4) is 0 Å². The van der Waals surface area contributed by atoms with Crippen molar-refractivity contribution < 1.29 is 46.5 Å². The molecule has 4 aliphatic rings. The Hall–Kier alpha value is -4.44. The van der Waals surface area contributed by atoms with Crippen LogP contribution < -0.4 is 24.8 Å². The molecule has 0 radical (unpaired) electrons. The minimum absolute atomic E-state index is 0.0278. The van der Waals surface area contributed by atoms with Gasteiger partial charge in [0.05, 0.1) is 25.5 Å². The molecule has 0 spiro atoms. The standard InChI is InChI=1S/C34H43N5O10S/c1-33(2,3)49-32(43)36-26-12-15-47-14-5-6-21-18-34(21,31(42)38-50(44,45)24-8-9-24)37-28(40)27-17-23(19-39(27)30(26)41)48-29-25-10-7-22(46-4)16-20(25)11-13-35-29/h5-7,10-11,13,16,21,23-24,26-27H,8-9,12,14-15,17-19H2,1-4H3,(H,36,43)(H,37,40)(H,38,42)/t21-,23-,26+,27+,34-/m1/s1. The number of sulfonamides is 1. The number of alkyl carbamates (subject to hydrolysis) is 1. The van der Waals surface area contributed by atoms with Gasteiger partial charge in [-0.2, -0.15) is 0 Å². The lowest BCUT2D eigenvalue weighted by atomic mass is 10.1. The minimum Gasteiger partial charge on any atom is -0.497 e. The van der Waals surface area contributed by atoms with Crippen LogP contribution in [0.1, 0.15) is 52.9 Å². The zero-order valence-electron chi connectivity index (χ0n) is 28.5. The van der Waals surface area contributed by atoms with Gasteiger partial charge in [0.2, 0.25) is 27.7 Å². The molecule has 3 N–H and O–H groups in total. The average Bonchev–Trinajstić information content (AvgIpc) is 3.97. The second-order valence-electron chi connectivity index (χ2n) is 14.1. The zero-order valence-corrected chi connectivity index (χ0v) is 29.3. The van der Waals surface area contributed by atoms with Crippen molar-refractivity contribution >= 4 is 44.6 Å². The molecule has 1 saturated heterocycles. The van der Waals surface area contributed by atoms with Gasteiger partial charge in [-0.1, -0.05) is 12.2 Å². The van der Waals surface area contributed by atoms with E-state index in [1.807, 2.05) is 12.1 Å². The summed E-state index contributed by atoms with van der Waals surface area (Å²) in [5.74, 6) is -1.61. The first-order valence-corrected chi connectivity index (χ1v) is 18.3. The second kappa shape index (κ2) is 13.7. The molecule has 3 heterocycles. The molecule has 4 amide bonds. The summed E-state index contributed by atoms with van der Waals surface area (Å²) < 4.78 is 50.5. The van der Waals surface area contributed by atoms with Gasteiger partial charge >= 0.3 is 6.09 Å². The first-order chi connectivity index (χ1) is 23.7. The molecule has 2 aliphatic carbocycles. The highest BCUT2D eigenvalue weighted by Gasteiger charge is 2.62. The van der Waals surface area contributed by atoms with E-state index in [4.69, 9.17) is 18.9 Å². The predicted octanol–water partition coefficient (Wildman–Crippen LogP) is 1.94. The van der Waals surface area contributed by atoms with E-state index in [0.717, 1.165) is 5.39 Å². The van der Waals surface area contributed by atoms with Crippen molar-refractivity contribution in [3.8, 4) is 11.6 Å². The lowest BCUT2D eigenvalue weighted by Gasteiger charge is -2.30. The number of methoxy groups -OCH3 is 1. The van der Waals surface area contributed by atoms with Gasteiger partial charge in [-0.3, -0.25) is 19.1 Å². The van der Waals surface area contributed by atoms with Gasteiger partial charge in [0, 0.05) is 36.9 Å². The maximum atomic E-state index is 14.3. The molecule has 0 unspecified atom stereocenters. The molecule has 16 heteroatoms. The van der Waals surface area contributed by atoms with E-state index >= 15 is 0 Å². The summed E-state index contributed by atoms with van der Waals surface area (Å²) in [7, 11) is -2.33. The molecule has 0 bridgehead atoms. The number of ether oxygens (including phenoxy) is 4. The lowest BCUT2D eigenvalue weighted by molar-refractivity contribution is -0.141. The number of aromatic nitrogens is 1. The molecular formula is C34H43N5O10S. The summed E-state index contributed by atoms with van der Waals surface area (Å²) >= 11 is 0. The summed E-state index contributed by atoms with van der Waals surface area (Å²) in [6.45, 7) is 5.26. The number of rotatable bonds is 7. The van der Waals surface area contributed by atoms with Crippen molar-refractivity contribution in [3.63, 3.8) is 0 Å². The van der Waals surface area contributed by atoms with Gasteiger partial charge in [-0.15, -0.1) is 0 Å². The van der Waals surface area contributed by atoms with Gasteiger partial charge in [0.25, 0.3) is 5.91 Å². The van der Waals surface area contributed by atoms with Crippen LogP contribution in [0.25, 0.3) is 10.8 Å². The number of amides is 4. The highest BCUT2D eigenvalue weighted by Crippen LogP contribution is 2.46. The number of hydrogen-bond donors (Lipinski definition) is 3. The molecule has 2 aliphatic heterocycles. The van der Waals surface area contributed by atoms with Crippen molar-refractivity contribution in [2.45, 2.75) is 87.5 Å². The normalized spacial score (nSPS) is 27.3. The Bertz CT molecular complexity index is 1810. The maximum absolute atomic E-state index is 14.3. The highest BCUT2D eigenvalue weighted by atomic mass is 32.2. The minimum atomic E-state index is -3.90. The molecule has 5 atom stereocenters. The fourth-order valence-electron chi connectivity index (χ4n) is 6.33. The molecule has 1 aromatic heterocycles. The fraction of sp³-hybridized carbons (Fsp3) is 0.559. The molecule has 6 rings (SSSR count). The number of fused-ring (bicyclic) bond motifs is 3. The van der Waals surface area contributed by atoms with Crippen LogP contribution in [0.4, 0.5) is 4.79 Å². The largest absolute Gasteiger partial charge is 0.497 e. The van der Waals surface area contributed by atoms with Crippen LogP contribution in [0, 0.1) is 5.92 Å².